The van der Waals surface area contributed by atoms with Gasteiger partial charge in [0.25, 0.3) is 0 Å². The van der Waals surface area contributed by atoms with E-state index in [1.54, 1.807) is 30.8 Å². The second-order valence-electron chi connectivity index (χ2n) is 4.64. The van der Waals surface area contributed by atoms with Gasteiger partial charge in [-0.15, -0.1) is 0 Å². The molecule has 1 N–H and O–H groups in total. The Balaban J connectivity index is 2.24. The Bertz CT molecular complexity index is 708. The van der Waals surface area contributed by atoms with Crippen molar-refractivity contribution in [3.8, 4) is 0 Å². The van der Waals surface area contributed by atoms with Gasteiger partial charge in [-0.25, -0.2) is 13.1 Å². The highest BCUT2D eigenvalue weighted by Gasteiger charge is 2.20. The van der Waals surface area contributed by atoms with Crippen molar-refractivity contribution in [1.29, 1.82) is 0 Å². The summed E-state index contributed by atoms with van der Waals surface area (Å²) < 4.78 is 28.8. The molecule has 1 aromatic carbocycles. The molecule has 1 atom stereocenters. The molecule has 7 heteroatoms. The van der Waals surface area contributed by atoms with E-state index in [9.17, 15) is 8.42 Å². The molecule has 0 radical (unpaired) electrons. The molecule has 0 fully saturated rings. The number of aromatic nitrogens is 2. The lowest BCUT2D eigenvalue weighted by molar-refractivity contribution is 0.566. The Labute approximate surface area is 123 Å². The van der Waals surface area contributed by atoms with E-state index in [1.165, 1.54) is 12.1 Å². The van der Waals surface area contributed by atoms with E-state index >= 15 is 0 Å². The summed E-state index contributed by atoms with van der Waals surface area (Å²) in [5, 5.41) is 4.71. The molecule has 0 bridgehead atoms. The van der Waals surface area contributed by atoms with Gasteiger partial charge in [0.1, 0.15) is 0 Å². The lowest BCUT2D eigenvalue weighted by Gasteiger charge is -2.13. The highest BCUT2D eigenvalue weighted by atomic mass is 35.5. The summed E-state index contributed by atoms with van der Waals surface area (Å²) in [5.74, 6) is 0. The average Bonchev–Trinajstić information content (AvgIpc) is 2.68. The van der Waals surface area contributed by atoms with Crippen molar-refractivity contribution in [3.63, 3.8) is 0 Å². The summed E-state index contributed by atoms with van der Waals surface area (Å²) in [5.41, 5.74) is 1.66. The van der Waals surface area contributed by atoms with Crippen molar-refractivity contribution < 1.29 is 8.42 Å². The van der Waals surface area contributed by atoms with Crippen LogP contribution >= 0.6 is 11.6 Å². The molecule has 0 amide bonds. The van der Waals surface area contributed by atoms with Crippen LogP contribution in [0.2, 0.25) is 5.02 Å². The number of halogens is 1. The molecule has 0 aliphatic rings. The SMILES string of the molecule is Cc1nn(C)cc1C(C)NS(=O)(=O)c1ccc(Cl)cc1. The van der Waals surface area contributed by atoms with Gasteiger partial charge < -0.3 is 0 Å². The number of sulfonamides is 1. The monoisotopic (exact) mass is 313 g/mol. The van der Waals surface area contributed by atoms with Crippen molar-refractivity contribution in [2.45, 2.75) is 24.8 Å². The van der Waals surface area contributed by atoms with Crippen LogP contribution in [0.25, 0.3) is 0 Å². The second kappa shape index (κ2) is 5.55. The molecule has 0 saturated carbocycles. The van der Waals surface area contributed by atoms with E-state index in [2.05, 4.69) is 9.82 Å². The van der Waals surface area contributed by atoms with Crippen molar-refractivity contribution in [2.75, 3.05) is 0 Å². The molecule has 2 rings (SSSR count). The molecular weight excluding hydrogens is 298 g/mol. The quantitative estimate of drug-likeness (QED) is 0.943. The maximum Gasteiger partial charge on any atom is 0.241 e. The van der Waals surface area contributed by atoms with Crippen molar-refractivity contribution in [2.24, 2.45) is 7.05 Å². The highest BCUT2D eigenvalue weighted by molar-refractivity contribution is 7.89. The zero-order valence-corrected chi connectivity index (χ0v) is 13.0. The third-order valence-electron chi connectivity index (χ3n) is 2.97. The zero-order valence-electron chi connectivity index (χ0n) is 11.5. The molecule has 1 heterocycles. The van der Waals surface area contributed by atoms with Gasteiger partial charge in [-0.2, -0.15) is 5.10 Å². The van der Waals surface area contributed by atoms with Crippen LogP contribution < -0.4 is 4.72 Å². The van der Waals surface area contributed by atoms with Gasteiger partial charge in [-0.1, -0.05) is 11.6 Å². The molecular formula is C13H16ClN3O2S. The summed E-state index contributed by atoms with van der Waals surface area (Å²) in [6.07, 6.45) is 1.81. The van der Waals surface area contributed by atoms with Crippen molar-refractivity contribution in [3.05, 3.63) is 46.7 Å². The normalized spacial score (nSPS) is 13.4. The van der Waals surface area contributed by atoms with Crippen molar-refractivity contribution in [1.82, 2.24) is 14.5 Å². The van der Waals surface area contributed by atoms with Crippen LogP contribution in [0.15, 0.2) is 35.4 Å². The lowest BCUT2D eigenvalue weighted by Crippen LogP contribution is -2.27. The Morgan fingerprint density at radius 2 is 1.90 bits per heavy atom. The summed E-state index contributed by atoms with van der Waals surface area (Å²) in [6.45, 7) is 3.64. The highest BCUT2D eigenvalue weighted by Crippen LogP contribution is 2.20. The predicted molar refractivity (Wildman–Crippen MR) is 78.1 cm³/mol. The fraction of sp³-hybridized carbons (Fsp3) is 0.308. The van der Waals surface area contributed by atoms with Gasteiger partial charge in [-0.05, 0) is 38.1 Å². The summed E-state index contributed by atoms with van der Waals surface area (Å²) in [7, 11) is -1.78. The molecule has 1 unspecified atom stereocenters. The van der Waals surface area contributed by atoms with E-state index in [-0.39, 0.29) is 10.9 Å². The number of benzene rings is 1. The maximum atomic E-state index is 12.3. The first-order chi connectivity index (χ1) is 9.29. The third kappa shape index (κ3) is 3.20. The Hall–Kier alpha value is -1.37. The number of nitrogens with zero attached hydrogens (tertiary/aromatic N) is 2. The molecule has 5 nitrogen and oxygen atoms in total. The Kier molecular flexibility index (Phi) is 4.17. The van der Waals surface area contributed by atoms with E-state index in [0.29, 0.717) is 5.02 Å². The predicted octanol–water partition coefficient (Wildman–Crippen LogP) is 2.42. The minimum Gasteiger partial charge on any atom is -0.275 e. The van der Waals surface area contributed by atoms with Gasteiger partial charge in [0.05, 0.1) is 10.6 Å². The molecule has 0 spiro atoms. The molecule has 108 valence electrons. The van der Waals surface area contributed by atoms with Gasteiger partial charge in [0.15, 0.2) is 0 Å². The minimum atomic E-state index is -3.58. The van der Waals surface area contributed by atoms with E-state index in [0.717, 1.165) is 11.3 Å². The van der Waals surface area contributed by atoms with Crippen LogP contribution in [-0.4, -0.2) is 18.2 Å². The minimum absolute atomic E-state index is 0.190. The number of aryl methyl sites for hydroxylation is 2. The molecule has 1 aromatic heterocycles. The molecule has 0 saturated heterocycles. The van der Waals surface area contributed by atoms with Crippen LogP contribution in [0.5, 0.6) is 0 Å². The first kappa shape index (κ1) is 15.0. The van der Waals surface area contributed by atoms with Gasteiger partial charge in [-0.3, -0.25) is 4.68 Å². The van der Waals surface area contributed by atoms with E-state index in [1.807, 2.05) is 13.1 Å². The number of nitrogens with one attached hydrogen (secondary N) is 1. The Morgan fingerprint density at radius 1 is 1.30 bits per heavy atom. The van der Waals surface area contributed by atoms with Crippen LogP contribution in [0, 0.1) is 6.92 Å². The van der Waals surface area contributed by atoms with Crippen LogP contribution in [0.1, 0.15) is 24.2 Å². The fourth-order valence-corrected chi connectivity index (χ4v) is 3.37. The van der Waals surface area contributed by atoms with Gasteiger partial charge in [0.2, 0.25) is 10.0 Å². The van der Waals surface area contributed by atoms with Crippen LogP contribution in [0.3, 0.4) is 0 Å². The van der Waals surface area contributed by atoms with Crippen LogP contribution in [-0.2, 0) is 17.1 Å². The average molecular weight is 314 g/mol. The first-order valence-corrected chi connectivity index (χ1v) is 7.94. The number of rotatable bonds is 4. The lowest BCUT2D eigenvalue weighted by atomic mass is 10.1. The first-order valence-electron chi connectivity index (χ1n) is 6.07. The third-order valence-corrected chi connectivity index (χ3v) is 4.78. The van der Waals surface area contributed by atoms with E-state index in [4.69, 9.17) is 11.6 Å². The molecule has 0 aliphatic carbocycles. The summed E-state index contributed by atoms with van der Waals surface area (Å²) in [4.78, 5) is 0.190. The number of hydrogen-bond acceptors (Lipinski definition) is 3. The van der Waals surface area contributed by atoms with Gasteiger partial charge >= 0.3 is 0 Å². The van der Waals surface area contributed by atoms with Crippen LogP contribution in [0.4, 0.5) is 0 Å². The molecule has 2 aromatic rings. The summed E-state index contributed by atoms with van der Waals surface area (Å²) in [6, 6.07) is 5.71. The molecule has 0 aliphatic heterocycles. The second-order valence-corrected chi connectivity index (χ2v) is 6.79. The number of hydrogen-bond donors (Lipinski definition) is 1. The summed E-state index contributed by atoms with van der Waals surface area (Å²) >= 11 is 5.76. The van der Waals surface area contributed by atoms with Crippen molar-refractivity contribution >= 4 is 21.6 Å². The van der Waals surface area contributed by atoms with Gasteiger partial charge in [0, 0.05) is 29.9 Å². The Morgan fingerprint density at radius 3 is 2.40 bits per heavy atom. The molecule has 20 heavy (non-hydrogen) atoms. The fourth-order valence-electron chi connectivity index (χ4n) is 2.02. The maximum absolute atomic E-state index is 12.3. The van der Waals surface area contributed by atoms with E-state index < -0.39 is 10.0 Å². The zero-order chi connectivity index (χ0) is 14.9. The smallest absolute Gasteiger partial charge is 0.241 e. The standard InChI is InChI=1S/C13H16ClN3O2S/c1-9-13(8-17(3)15-9)10(2)16-20(18,19)12-6-4-11(14)5-7-12/h4-8,10,16H,1-3H3. The largest absolute Gasteiger partial charge is 0.275 e. The topological polar surface area (TPSA) is 64.0 Å².